The highest BCUT2D eigenvalue weighted by molar-refractivity contribution is 7.18. The number of rotatable bonds is 2. The number of carbonyl (C=O) groups is 1. The minimum Gasteiger partial charge on any atom is -0.374 e. The molecule has 0 aliphatic carbocycles. The molecule has 0 bridgehead atoms. The highest BCUT2D eigenvalue weighted by Gasteiger charge is 2.39. The average Bonchev–Trinajstić information content (AvgIpc) is 2.77. The molecule has 0 unspecified atom stereocenters. The molecule has 0 aliphatic heterocycles. The fraction of sp³-hybridized carbons (Fsp3) is 0.100. The van der Waals surface area contributed by atoms with Crippen LogP contribution in [0.4, 0.5) is 28.4 Å². The molecule has 2 aromatic rings. The molecule has 1 amide bonds. The molecule has 0 aliphatic rings. The Morgan fingerprint density at radius 3 is 2.55 bits per heavy atom. The lowest BCUT2D eigenvalue weighted by Crippen LogP contribution is -2.30. The topological polar surface area (TPSA) is 80.9 Å². The Labute approximate surface area is 113 Å². The molecule has 5 nitrogen and oxygen atoms in total. The van der Waals surface area contributed by atoms with Gasteiger partial charge in [0.15, 0.2) is 0 Å². The largest absolute Gasteiger partial charge is 0.471 e. The number of nitrogen functional groups attached to an aromatic ring is 1. The zero-order valence-electron chi connectivity index (χ0n) is 9.53. The van der Waals surface area contributed by atoms with Crippen LogP contribution >= 0.6 is 11.3 Å². The standard InChI is InChI=1S/C10H6F4N4OS/c11-5-2-1-4(7-17-18-9(15)20-7)3-6(5)16-8(19)10(12,13)14/h1-3H,(H2,15,18)(H,16,19). The Kier molecular flexibility index (Phi) is 3.57. The van der Waals surface area contributed by atoms with Gasteiger partial charge in [-0.2, -0.15) is 13.2 Å². The molecule has 3 N–H and O–H groups in total. The van der Waals surface area contributed by atoms with E-state index in [2.05, 4.69) is 10.2 Å². The van der Waals surface area contributed by atoms with Gasteiger partial charge in [-0.1, -0.05) is 11.3 Å². The van der Waals surface area contributed by atoms with E-state index in [-0.39, 0.29) is 10.7 Å². The summed E-state index contributed by atoms with van der Waals surface area (Å²) in [4.78, 5) is 10.8. The van der Waals surface area contributed by atoms with Crippen molar-refractivity contribution in [3.8, 4) is 10.6 Å². The number of halogens is 4. The molecule has 106 valence electrons. The van der Waals surface area contributed by atoms with E-state index in [1.807, 2.05) is 0 Å². The highest BCUT2D eigenvalue weighted by atomic mass is 32.1. The monoisotopic (exact) mass is 306 g/mol. The zero-order valence-corrected chi connectivity index (χ0v) is 10.3. The van der Waals surface area contributed by atoms with Crippen LogP contribution in [-0.4, -0.2) is 22.3 Å². The van der Waals surface area contributed by atoms with E-state index in [1.165, 1.54) is 11.4 Å². The number of alkyl halides is 3. The lowest BCUT2D eigenvalue weighted by molar-refractivity contribution is -0.167. The molecular weight excluding hydrogens is 300 g/mol. The van der Waals surface area contributed by atoms with Crippen molar-refractivity contribution >= 4 is 28.1 Å². The predicted molar refractivity (Wildman–Crippen MR) is 64.4 cm³/mol. The first-order valence-corrected chi connectivity index (χ1v) is 5.86. The maximum atomic E-state index is 13.4. The molecule has 0 fully saturated rings. The first-order chi connectivity index (χ1) is 9.27. The number of aromatic nitrogens is 2. The lowest BCUT2D eigenvalue weighted by Gasteiger charge is -2.09. The maximum Gasteiger partial charge on any atom is 0.471 e. The molecule has 2 rings (SSSR count). The average molecular weight is 306 g/mol. The lowest BCUT2D eigenvalue weighted by atomic mass is 10.2. The van der Waals surface area contributed by atoms with Gasteiger partial charge in [-0.05, 0) is 18.2 Å². The van der Waals surface area contributed by atoms with Gasteiger partial charge in [0, 0.05) is 5.56 Å². The van der Waals surface area contributed by atoms with Gasteiger partial charge in [-0.3, -0.25) is 4.79 Å². The summed E-state index contributed by atoms with van der Waals surface area (Å²) in [5.41, 5.74) is 5.07. The van der Waals surface area contributed by atoms with E-state index < -0.39 is 23.6 Å². The Morgan fingerprint density at radius 2 is 2.00 bits per heavy atom. The van der Waals surface area contributed by atoms with Crippen LogP contribution in [-0.2, 0) is 4.79 Å². The summed E-state index contributed by atoms with van der Waals surface area (Å²) in [6, 6.07) is 3.23. The van der Waals surface area contributed by atoms with Gasteiger partial charge in [0.2, 0.25) is 5.13 Å². The van der Waals surface area contributed by atoms with E-state index in [9.17, 15) is 22.4 Å². The van der Waals surface area contributed by atoms with Crippen LogP contribution in [0.1, 0.15) is 0 Å². The van der Waals surface area contributed by atoms with Gasteiger partial charge in [0.25, 0.3) is 0 Å². The summed E-state index contributed by atoms with van der Waals surface area (Å²) in [5.74, 6) is -3.26. The number of benzene rings is 1. The van der Waals surface area contributed by atoms with Gasteiger partial charge in [0.05, 0.1) is 5.69 Å². The molecule has 20 heavy (non-hydrogen) atoms. The predicted octanol–water partition coefficient (Wildman–Crippen LogP) is 2.43. The number of nitrogens with one attached hydrogen (secondary N) is 1. The normalized spacial score (nSPS) is 11.4. The van der Waals surface area contributed by atoms with Crippen molar-refractivity contribution in [1.82, 2.24) is 10.2 Å². The third-order valence-electron chi connectivity index (χ3n) is 2.16. The molecular formula is C10H6F4N4OS. The Bertz CT molecular complexity index is 655. The molecule has 0 saturated heterocycles. The van der Waals surface area contributed by atoms with E-state index in [4.69, 9.17) is 5.73 Å². The van der Waals surface area contributed by atoms with Crippen LogP contribution in [0, 0.1) is 5.82 Å². The van der Waals surface area contributed by atoms with Gasteiger partial charge in [-0.25, -0.2) is 4.39 Å². The second kappa shape index (κ2) is 5.04. The van der Waals surface area contributed by atoms with Crippen molar-refractivity contribution in [2.45, 2.75) is 6.18 Å². The molecule has 1 aromatic carbocycles. The molecule has 0 radical (unpaired) electrons. The SMILES string of the molecule is Nc1nnc(-c2ccc(F)c(NC(=O)C(F)(F)F)c2)s1. The van der Waals surface area contributed by atoms with Crippen molar-refractivity contribution in [3.63, 3.8) is 0 Å². The Balaban J connectivity index is 2.32. The maximum absolute atomic E-state index is 13.4. The highest BCUT2D eigenvalue weighted by Crippen LogP contribution is 2.29. The van der Waals surface area contributed by atoms with E-state index in [1.54, 1.807) is 0 Å². The second-order valence-electron chi connectivity index (χ2n) is 3.59. The van der Waals surface area contributed by atoms with Crippen LogP contribution < -0.4 is 11.1 Å². The van der Waals surface area contributed by atoms with Crippen molar-refractivity contribution in [2.24, 2.45) is 0 Å². The van der Waals surface area contributed by atoms with Crippen molar-refractivity contribution < 1.29 is 22.4 Å². The molecule has 0 spiro atoms. The molecule has 1 aromatic heterocycles. The number of nitrogens with two attached hydrogens (primary N) is 1. The van der Waals surface area contributed by atoms with Crippen LogP contribution in [0.2, 0.25) is 0 Å². The minimum atomic E-state index is -5.10. The third-order valence-corrected chi connectivity index (χ3v) is 2.96. The molecule has 10 heteroatoms. The fourth-order valence-corrected chi connectivity index (χ4v) is 1.90. The molecule has 0 saturated carbocycles. The van der Waals surface area contributed by atoms with E-state index in [0.29, 0.717) is 5.01 Å². The minimum absolute atomic E-state index is 0.158. The zero-order chi connectivity index (χ0) is 14.9. The van der Waals surface area contributed by atoms with Crippen molar-refractivity contribution in [2.75, 3.05) is 11.1 Å². The summed E-state index contributed by atoms with van der Waals surface area (Å²) < 4.78 is 49.8. The summed E-state index contributed by atoms with van der Waals surface area (Å²) in [6.45, 7) is 0. The number of anilines is 2. The van der Waals surface area contributed by atoms with Gasteiger partial charge >= 0.3 is 12.1 Å². The van der Waals surface area contributed by atoms with Gasteiger partial charge in [0.1, 0.15) is 10.8 Å². The van der Waals surface area contributed by atoms with Crippen molar-refractivity contribution in [1.29, 1.82) is 0 Å². The summed E-state index contributed by atoms with van der Waals surface area (Å²) in [5, 5.41) is 9.11. The summed E-state index contributed by atoms with van der Waals surface area (Å²) in [6.07, 6.45) is -5.10. The van der Waals surface area contributed by atoms with E-state index >= 15 is 0 Å². The van der Waals surface area contributed by atoms with Gasteiger partial charge < -0.3 is 11.1 Å². The number of carbonyl (C=O) groups excluding carboxylic acids is 1. The second-order valence-corrected chi connectivity index (χ2v) is 4.60. The van der Waals surface area contributed by atoms with Crippen LogP contribution in [0.5, 0.6) is 0 Å². The Hall–Kier alpha value is -2.23. The summed E-state index contributed by atoms with van der Waals surface area (Å²) in [7, 11) is 0. The smallest absolute Gasteiger partial charge is 0.374 e. The number of hydrogen-bond donors (Lipinski definition) is 2. The molecule has 1 heterocycles. The van der Waals surface area contributed by atoms with Crippen molar-refractivity contribution in [3.05, 3.63) is 24.0 Å². The fourth-order valence-electron chi connectivity index (χ4n) is 1.30. The number of nitrogens with zero attached hydrogens (tertiary/aromatic N) is 2. The first kappa shape index (κ1) is 14.2. The number of amides is 1. The van der Waals surface area contributed by atoms with E-state index in [0.717, 1.165) is 23.5 Å². The van der Waals surface area contributed by atoms with Crippen LogP contribution in [0.3, 0.4) is 0 Å². The first-order valence-electron chi connectivity index (χ1n) is 5.04. The number of hydrogen-bond acceptors (Lipinski definition) is 5. The van der Waals surface area contributed by atoms with Crippen LogP contribution in [0.15, 0.2) is 18.2 Å². The Morgan fingerprint density at radius 1 is 1.30 bits per heavy atom. The third kappa shape index (κ3) is 3.02. The quantitative estimate of drug-likeness (QED) is 0.835. The van der Waals surface area contributed by atoms with Gasteiger partial charge in [-0.15, -0.1) is 10.2 Å². The summed E-state index contributed by atoms with van der Waals surface area (Å²) >= 11 is 0.978. The van der Waals surface area contributed by atoms with Crippen LogP contribution in [0.25, 0.3) is 10.6 Å². The molecule has 0 atom stereocenters.